The van der Waals surface area contributed by atoms with Crippen molar-refractivity contribution in [2.45, 2.75) is 6.18 Å². The van der Waals surface area contributed by atoms with E-state index in [4.69, 9.17) is 9.68 Å². The molecule has 0 spiro atoms. The first-order valence-corrected chi connectivity index (χ1v) is 7.38. The molecule has 2 aromatic carbocycles. The van der Waals surface area contributed by atoms with Gasteiger partial charge in [-0.2, -0.15) is 18.4 Å². The van der Waals surface area contributed by atoms with Gasteiger partial charge in [0, 0.05) is 5.56 Å². The fourth-order valence-corrected chi connectivity index (χ4v) is 2.20. The fourth-order valence-electron chi connectivity index (χ4n) is 2.20. The van der Waals surface area contributed by atoms with Crippen molar-refractivity contribution in [1.82, 2.24) is 4.98 Å². The molecule has 130 valence electrons. The molecule has 0 radical (unpaired) electrons. The van der Waals surface area contributed by atoms with E-state index in [1.54, 1.807) is 24.3 Å². The number of benzene rings is 2. The second-order valence-electron chi connectivity index (χ2n) is 5.33. The van der Waals surface area contributed by atoms with E-state index in [0.29, 0.717) is 16.7 Å². The second-order valence-corrected chi connectivity index (χ2v) is 5.33. The zero-order valence-electron chi connectivity index (χ0n) is 13.1. The zero-order chi connectivity index (χ0) is 18.7. The third kappa shape index (κ3) is 3.81. The average Bonchev–Trinajstić information content (AvgIpc) is 3.12. The van der Waals surface area contributed by atoms with E-state index in [1.165, 1.54) is 24.4 Å². The van der Waals surface area contributed by atoms with Crippen molar-refractivity contribution >= 4 is 11.9 Å². The smallest absolute Gasteiger partial charge is 0.416 e. The summed E-state index contributed by atoms with van der Waals surface area (Å²) in [4.78, 5) is 3.81. The lowest BCUT2D eigenvalue weighted by atomic mass is 10.1. The first-order chi connectivity index (χ1) is 12.4. The van der Waals surface area contributed by atoms with Gasteiger partial charge in [0.2, 0.25) is 0 Å². The maximum absolute atomic E-state index is 14.2. The third-order valence-corrected chi connectivity index (χ3v) is 3.54. The summed E-state index contributed by atoms with van der Waals surface area (Å²) in [6.45, 7) is 0. The minimum absolute atomic E-state index is 0.150. The van der Waals surface area contributed by atoms with Crippen LogP contribution in [0.5, 0.6) is 0 Å². The van der Waals surface area contributed by atoms with Crippen molar-refractivity contribution in [3.63, 3.8) is 0 Å². The summed E-state index contributed by atoms with van der Waals surface area (Å²) < 4.78 is 57.3. The number of nitrogens with zero attached hydrogens (tertiary/aromatic N) is 2. The molecule has 3 rings (SSSR count). The van der Waals surface area contributed by atoms with Gasteiger partial charge in [-0.05, 0) is 35.9 Å². The van der Waals surface area contributed by atoms with E-state index in [1.807, 2.05) is 6.07 Å². The number of aromatic nitrogens is 1. The van der Waals surface area contributed by atoms with Crippen molar-refractivity contribution in [1.29, 1.82) is 5.26 Å². The molecule has 1 heterocycles. The number of hydrogen-bond donors (Lipinski definition) is 0. The molecule has 3 nitrogen and oxygen atoms in total. The van der Waals surface area contributed by atoms with Gasteiger partial charge in [-0.15, -0.1) is 0 Å². The van der Waals surface area contributed by atoms with Crippen LogP contribution >= 0.6 is 0 Å². The third-order valence-electron chi connectivity index (χ3n) is 3.54. The Hall–Kier alpha value is -3.40. The summed E-state index contributed by atoms with van der Waals surface area (Å²) in [5, 5.41) is 8.73. The second kappa shape index (κ2) is 6.84. The SMILES string of the molecule is N#Cc1ccc(/C=C(\F)c2ncc(-c3ccc(C(F)(F)F)cc3)o2)cc1. The van der Waals surface area contributed by atoms with Crippen LogP contribution in [0.25, 0.3) is 23.2 Å². The molecule has 0 unspecified atom stereocenters. The first kappa shape index (κ1) is 17.4. The quantitative estimate of drug-likeness (QED) is 0.564. The molecule has 0 fully saturated rings. The first-order valence-electron chi connectivity index (χ1n) is 7.38. The lowest BCUT2D eigenvalue weighted by Crippen LogP contribution is -2.03. The monoisotopic (exact) mass is 358 g/mol. The normalized spacial score (nSPS) is 12.0. The summed E-state index contributed by atoms with van der Waals surface area (Å²) >= 11 is 0. The van der Waals surface area contributed by atoms with E-state index in [2.05, 4.69) is 4.98 Å². The van der Waals surface area contributed by atoms with Crippen molar-refractivity contribution in [2.75, 3.05) is 0 Å². The molecule has 3 aromatic rings. The Bertz CT molecular complexity index is 978. The van der Waals surface area contributed by atoms with E-state index in [-0.39, 0.29) is 11.7 Å². The molecule has 0 aliphatic carbocycles. The highest BCUT2D eigenvalue weighted by Gasteiger charge is 2.30. The molecule has 0 amide bonds. The van der Waals surface area contributed by atoms with Gasteiger partial charge in [-0.3, -0.25) is 0 Å². The minimum atomic E-state index is -4.43. The number of alkyl halides is 3. The molecule has 0 saturated heterocycles. The maximum atomic E-state index is 14.2. The van der Waals surface area contributed by atoms with Crippen LogP contribution in [0.1, 0.15) is 22.6 Å². The molecule has 0 bridgehead atoms. The zero-order valence-corrected chi connectivity index (χ0v) is 13.1. The predicted octanol–water partition coefficient (Wildman–Crippen LogP) is 5.70. The summed E-state index contributed by atoms with van der Waals surface area (Å²) in [6.07, 6.45) is -2.01. The van der Waals surface area contributed by atoms with Crippen molar-refractivity contribution in [3.05, 3.63) is 77.3 Å². The molecular formula is C19H10F4N2O. The Morgan fingerprint density at radius 2 is 1.69 bits per heavy atom. The number of halogens is 4. The highest BCUT2D eigenvalue weighted by molar-refractivity contribution is 5.74. The van der Waals surface area contributed by atoms with Gasteiger partial charge in [-0.25, -0.2) is 9.37 Å². The lowest BCUT2D eigenvalue weighted by molar-refractivity contribution is -0.137. The Labute approximate surface area is 145 Å². The molecule has 0 saturated carbocycles. The van der Waals surface area contributed by atoms with Crippen molar-refractivity contribution < 1.29 is 22.0 Å². The van der Waals surface area contributed by atoms with E-state index in [0.717, 1.165) is 12.1 Å². The predicted molar refractivity (Wildman–Crippen MR) is 87.1 cm³/mol. The summed E-state index contributed by atoms with van der Waals surface area (Å²) in [5.41, 5.74) is 0.523. The van der Waals surface area contributed by atoms with E-state index in [9.17, 15) is 17.6 Å². The van der Waals surface area contributed by atoms with Crippen LogP contribution in [0, 0.1) is 11.3 Å². The Morgan fingerprint density at radius 1 is 1.04 bits per heavy atom. The number of oxazole rings is 1. The van der Waals surface area contributed by atoms with Gasteiger partial charge in [0.1, 0.15) is 0 Å². The van der Waals surface area contributed by atoms with Crippen LogP contribution in [0.3, 0.4) is 0 Å². The van der Waals surface area contributed by atoms with Crippen molar-refractivity contribution in [3.8, 4) is 17.4 Å². The highest BCUT2D eigenvalue weighted by atomic mass is 19.4. The van der Waals surface area contributed by atoms with Gasteiger partial charge >= 0.3 is 6.18 Å². The van der Waals surface area contributed by atoms with Crippen LogP contribution in [0.4, 0.5) is 17.6 Å². The van der Waals surface area contributed by atoms with Crippen LogP contribution < -0.4 is 0 Å². The highest BCUT2D eigenvalue weighted by Crippen LogP contribution is 2.31. The largest absolute Gasteiger partial charge is 0.434 e. The van der Waals surface area contributed by atoms with Crippen LogP contribution in [0.2, 0.25) is 0 Å². The summed E-state index contributed by atoms with van der Waals surface area (Å²) in [6, 6.07) is 12.5. The molecule has 0 aliphatic rings. The van der Waals surface area contributed by atoms with Gasteiger partial charge in [-0.1, -0.05) is 24.3 Å². The molecule has 0 N–H and O–H groups in total. The Morgan fingerprint density at radius 3 is 2.27 bits per heavy atom. The molecule has 26 heavy (non-hydrogen) atoms. The Kier molecular flexibility index (Phi) is 4.59. The minimum Gasteiger partial charge on any atom is -0.434 e. The van der Waals surface area contributed by atoms with Crippen LogP contribution in [0.15, 0.2) is 59.1 Å². The van der Waals surface area contributed by atoms with E-state index < -0.39 is 17.6 Å². The summed E-state index contributed by atoms with van der Waals surface area (Å²) in [5.74, 6) is -0.880. The van der Waals surface area contributed by atoms with Crippen molar-refractivity contribution in [2.24, 2.45) is 0 Å². The molecule has 1 aromatic heterocycles. The van der Waals surface area contributed by atoms with Gasteiger partial charge < -0.3 is 4.42 Å². The number of hydrogen-bond acceptors (Lipinski definition) is 3. The molecular weight excluding hydrogens is 348 g/mol. The average molecular weight is 358 g/mol. The summed E-state index contributed by atoms with van der Waals surface area (Å²) in [7, 11) is 0. The maximum Gasteiger partial charge on any atom is 0.416 e. The molecule has 7 heteroatoms. The van der Waals surface area contributed by atoms with Gasteiger partial charge in [0.15, 0.2) is 11.6 Å². The standard InChI is InChI=1S/C19H10F4N2O/c20-16(9-12-1-3-13(10-24)4-2-12)18-25-11-17(26-18)14-5-7-15(8-6-14)19(21,22)23/h1-9,11H/b16-9-. The topological polar surface area (TPSA) is 49.8 Å². The Balaban J connectivity index is 1.82. The van der Waals surface area contributed by atoms with Crippen LogP contribution in [-0.4, -0.2) is 4.98 Å². The molecule has 0 aliphatic heterocycles. The number of nitriles is 1. The van der Waals surface area contributed by atoms with E-state index >= 15 is 0 Å². The van der Waals surface area contributed by atoms with Gasteiger partial charge in [0.25, 0.3) is 5.89 Å². The number of rotatable bonds is 3. The lowest BCUT2D eigenvalue weighted by Gasteiger charge is -2.06. The fraction of sp³-hybridized carbons (Fsp3) is 0.0526. The van der Waals surface area contributed by atoms with Gasteiger partial charge in [0.05, 0.1) is 23.4 Å². The van der Waals surface area contributed by atoms with Crippen LogP contribution in [-0.2, 0) is 6.18 Å². The molecule has 0 atom stereocenters.